The second-order valence-corrected chi connectivity index (χ2v) is 5.48. The summed E-state index contributed by atoms with van der Waals surface area (Å²) in [6, 6.07) is 2.24. The first-order valence-corrected chi connectivity index (χ1v) is 6.60. The number of rotatable bonds is 1. The summed E-state index contributed by atoms with van der Waals surface area (Å²) in [6.07, 6.45) is 6.60. The van der Waals surface area contributed by atoms with Crippen LogP contribution < -0.4 is 5.32 Å². The Morgan fingerprint density at radius 2 is 2.16 bits per heavy atom. The molecule has 2 atom stereocenters. The summed E-state index contributed by atoms with van der Waals surface area (Å²) in [5.41, 5.74) is 0.706. The molecule has 2 unspecified atom stereocenters. The highest BCUT2D eigenvalue weighted by atomic mass is 16.5. The predicted molar refractivity (Wildman–Crippen MR) is 67.6 cm³/mol. The smallest absolute Gasteiger partial charge is 0.160 e. The SMILES string of the molecule is OC1(c2cnn3cccnc23)CC2COCC(C1)N2. The molecule has 19 heavy (non-hydrogen) atoms. The molecule has 0 radical (unpaired) electrons. The lowest BCUT2D eigenvalue weighted by Crippen LogP contribution is -2.58. The summed E-state index contributed by atoms with van der Waals surface area (Å²) in [5, 5.41) is 18.8. The van der Waals surface area contributed by atoms with E-state index in [9.17, 15) is 5.11 Å². The number of ether oxygens (including phenoxy) is 1. The molecule has 0 amide bonds. The summed E-state index contributed by atoms with van der Waals surface area (Å²) in [6.45, 7) is 1.32. The van der Waals surface area contributed by atoms with Crippen molar-refractivity contribution < 1.29 is 9.84 Å². The van der Waals surface area contributed by atoms with Crippen LogP contribution in [-0.2, 0) is 10.3 Å². The zero-order valence-corrected chi connectivity index (χ0v) is 10.5. The number of nitrogens with zero attached hydrogens (tertiary/aromatic N) is 3. The summed E-state index contributed by atoms with van der Waals surface area (Å²) >= 11 is 0. The van der Waals surface area contributed by atoms with Gasteiger partial charge in [0.05, 0.1) is 25.0 Å². The van der Waals surface area contributed by atoms with Crippen LogP contribution in [0.3, 0.4) is 0 Å². The van der Waals surface area contributed by atoms with Crippen molar-refractivity contribution in [2.75, 3.05) is 13.2 Å². The van der Waals surface area contributed by atoms with Crippen molar-refractivity contribution in [3.63, 3.8) is 0 Å². The Morgan fingerprint density at radius 1 is 1.37 bits per heavy atom. The Morgan fingerprint density at radius 3 is 2.95 bits per heavy atom. The molecule has 0 saturated carbocycles. The maximum atomic E-state index is 11.0. The molecular formula is C13H16N4O2. The number of hydrogen-bond acceptors (Lipinski definition) is 5. The third-order valence-electron chi connectivity index (χ3n) is 4.06. The van der Waals surface area contributed by atoms with Crippen molar-refractivity contribution in [2.45, 2.75) is 30.5 Å². The van der Waals surface area contributed by atoms with Gasteiger partial charge in [0.25, 0.3) is 0 Å². The molecule has 0 spiro atoms. The molecule has 0 aliphatic carbocycles. The summed E-state index contributed by atoms with van der Waals surface area (Å²) in [4.78, 5) is 4.34. The third kappa shape index (κ3) is 1.75. The van der Waals surface area contributed by atoms with Crippen molar-refractivity contribution in [1.29, 1.82) is 0 Å². The van der Waals surface area contributed by atoms with Crippen molar-refractivity contribution in [3.8, 4) is 0 Å². The molecule has 2 aliphatic heterocycles. The van der Waals surface area contributed by atoms with Crippen molar-refractivity contribution in [1.82, 2.24) is 19.9 Å². The minimum atomic E-state index is -0.861. The van der Waals surface area contributed by atoms with E-state index in [0.717, 1.165) is 11.2 Å². The number of piperidine rings is 1. The van der Waals surface area contributed by atoms with Crippen molar-refractivity contribution in [3.05, 3.63) is 30.2 Å². The maximum absolute atomic E-state index is 11.0. The van der Waals surface area contributed by atoms with Gasteiger partial charge in [-0.2, -0.15) is 5.10 Å². The number of nitrogens with one attached hydrogen (secondary N) is 1. The van der Waals surface area contributed by atoms with Crippen LogP contribution in [-0.4, -0.2) is 45.0 Å². The van der Waals surface area contributed by atoms with Crippen LogP contribution in [0.25, 0.3) is 5.65 Å². The van der Waals surface area contributed by atoms with Gasteiger partial charge in [0.1, 0.15) is 0 Å². The van der Waals surface area contributed by atoms with E-state index in [4.69, 9.17) is 4.74 Å². The second-order valence-electron chi connectivity index (χ2n) is 5.48. The molecule has 2 fully saturated rings. The van der Waals surface area contributed by atoms with E-state index < -0.39 is 5.60 Å². The zero-order chi connectivity index (χ0) is 12.9. The Labute approximate surface area is 110 Å². The molecular weight excluding hydrogens is 244 g/mol. The van der Waals surface area contributed by atoms with E-state index >= 15 is 0 Å². The van der Waals surface area contributed by atoms with Gasteiger partial charge in [-0.05, 0) is 18.9 Å². The molecule has 2 aromatic rings. The number of fused-ring (bicyclic) bond motifs is 3. The van der Waals surface area contributed by atoms with E-state index in [-0.39, 0.29) is 12.1 Å². The first-order valence-electron chi connectivity index (χ1n) is 6.60. The van der Waals surface area contributed by atoms with Crippen molar-refractivity contribution >= 4 is 5.65 Å². The Balaban J connectivity index is 1.78. The monoisotopic (exact) mass is 260 g/mol. The lowest BCUT2D eigenvalue weighted by atomic mass is 9.79. The zero-order valence-electron chi connectivity index (χ0n) is 10.5. The Hall–Kier alpha value is -1.50. The topological polar surface area (TPSA) is 71.7 Å². The van der Waals surface area contributed by atoms with Gasteiger partial charge in [-0.15, -0.1) is 0 Å². The molecule has 6 nitrogen and oxygen atoms in total. The molecule has 0 aromatic carbocycles. The predicted octanol–water partition coefficient (Wildman–Crippen LogP) is 0.0677. The lowest BCUT2D eigenvalue weighted by Gasteiger charge is -2.44. The van der Waals surface area contributed by atoms with Gasteiger partial charge in [0.15, 0.2) is 5.65 Å². The van der Waals surface area contributed by atoms with E-state index in [0.29, 0.717) is 26.1 Å². The molecule has 2 aliphatic rings. The van der Waals surface area contributed by atoms with Gasteiger partial charge in [-0.25, -0.2) is 9.50 Å². The fourth-order valence-corrected chi connectivity index (χ4v) is 3.29. The largest absolute Gasteiger partial charge is 0.385 e. The summed E-state index contributed by atoms with van der Waals surface area (Å²) in [5.74, 6) is 0. The van der Waals surface area contributed by atoms with Crippen LogP contribution in [0.2, 0.25) is 0 Å². The van der Waals surface area contributed by atoms with Crippen LogP contribution in [0, 0.1) is 0 Å². The van der Waals surface area contributed by atoms with Gasteiger partial charge in [-0.1, -0.05) is 0 Å². The summed E-state index contributed by atoms with van der Waals surface area (Å²) in [7, 11) is 0. The molecule has 6 heteroatoms. The van der Waals surface area contributed by atoms with E-state index in [2.05, 4.69) is 15.4 Å². The minimum Gasteiger partial charge on any atom is -0.385 e. The molecule has 2 N–H and O–H groups in total. The minimum absolute atomic E-state index is 0.205. The lowest BCUT2D eigenvalue weighted by molar-refractivity contribution is -0.0795. The quantitative estimate of drug-likeness (QED) is 0.759. The molecule has 4 heterocycles. The van der Waals surface area contributed by atoms with Gasteiger partial charge < -0.3 is 15.2 Å². The standard InChI is InChI=1S/C13H16N4O2/c18-13(4-9-7-19-8-10(5-13)16-9)11-6-15-17-3-1-2-14-12(11)17/h1-3,6,9-10,16,18H,4-5,7-8H2. The van der Waals surface area contributed by atoms with E-state index in [1.807, 2.05) is 12.3 Å². The normalized spacial score (nSPS) is 34.6. The van der Waals surface area contributed by atoms with Crippen LogP contribution in [0.1, 0.15) is 18.4 Å². The van der Waals surface area contributed by atoms with Gasteiger partial charge in [-0.3, -0.25) is 0 Å². The average molecular weight is 260 g/mol. The molecule has 2 saturated heterocycles. The van der Waals surface area contributed by atoms with Gasteiger partial charge in [0.2, 0.25) is 0 Å². The van der Waals surface area contributed by atoms with Crippen molar-refractivity contribution in [2.24, 2.45) is 0 Å². The van der Waals surface area contributed by atoms with Crippen LogP contribution in [0.4, 0.5) is 0 Å². The van der Waals surface area contributed by atoms with Crippen LogP contribution in [0.5, 0.6) is 0 Å². The molecule has 100 valence electrons. The number of aliphatic hydroxyl groups is 1. The number of aromatic nitrogens is 3. The van der Waals surface area contributed by atoms with E-state index in [1.165, 1.54) is 0 Å². The fourth-order valence-electron chi connectivity index (χ4n) is 3.29. The number of hydrogen-bond donors (Lipinski definition) is 2. The molecule has 2 bridgehead atoms. The average Bonchev–Trinajstić information content (AvgIpc) is 2.82. The third-order valence-corrected chi connectivity index (χ3v) is 4.06. The molecule has 2 aromatic heterocycles. The van der Waals surface area contributed by atoms with Gasteiger partial charge in [0, 0.05) is 30.0 Å². The molecule has 4 rings (SSSR count). The van der Waals surface area contributed by atoms with E-state index in [1.54, 1.807) is 16.9 Å². The first-order chi connectivity index (χ1) is 9.24. The van der Waals surface area contributed by atoms with Crippen LogP contribution in [0.15, 0.2) is 24.7 Å². The Kier molecular flexibility index (Phi) is 2.38. The Bertz CT molecular complexity index is 599. The highest BCUT2D eigenvalue weighted by molar-refractivity contribution is 5.49. The summed E-state index contributed by atoms with van der Waals surface area (Å²) < 4.78 is 7.23. The first kappa shape index (κ1) is 11.3. The second kappa shape index (κ2) is 4.00. The van der Waals surface area contributed by atoms with Gasteiger partial charge >= 0.3 is 0 Å². The number of morpholine rings is 1. The van der Waals surface area contributed by atoms with Crippen LogP contribution >= 0.6 is 0 Å². The highest BCUT2D eigenvalue weighted by Gasteiger charge is 2.44. The maximum Gasteiger partial charge on any atom is 0.160 e. The highest BCUT2D eigenvalue weighted by Crippen LogP contribution is 2.37. The fraction of sp³-hybridized carbons (Fsp3) is 0.538.